The summed E-state index contributed by atoms with van der Waals surface area (Å²) in [7, 11) is -3.40. The third kappa shape index (κ3) is 6.41. The molecule has 0 aromatic heterocycles. The largest absolute Gasteiger partial charge is 0.500 e. The lowest BCUT2D eigenvalue weighted by molar-refractivity contribution is -0.436. The summed E-state index contributed by atoms with van der Waals surface area (Å²) in [5.74, 6) is -41.3. The van der Waals surface area contributed by atoms with Gasteiger partial charge in [0.05, 0.1) is 0 Å². The van der Waals surface area contributed by atoms with E-state index in [0.717, 1.165) is 0 Å². The Hall–Kier alpha value is -1.14. The van der Waals surface area contributed by atoms with Crippen molar-refractivity contribution in [1.82, 2.24) is 0 Å². The van der Waals surface area contributed by atoms with Crippen LogP contribution in [-0.4, -0.2) is 70.2 Å². The van der Waals surface area contributed by atoms with Crippen LogP contribution in [0.15, 0.2) is 0 Å². The maximum absolute atomic E-state index is 13.8. The molecule has 0 heterocycles. The first-order chi connectivity index (χ1) is 15.6. The number of rotatable bonds is 16. The molecule has 0 atom stereocenters. The molecule has 0 rings (SSSR count). The maximum Gasteiger partial charge on any atom is 0.500 e. The molecule has 0 aliphatic carbocycles. The second kappa shape index (κ2) is 11.5. The number of hydrogen-bond donors (Lipinski definition) is 0. The topological polar surface area (TPSA) is 44.8 Å². The van der Waals surface area contributed by atoms with Crippen LogP contribution in [0, 0.1) is 0 Å². The predicted molar refractivity (Wildman–Crippen MR) is 95.1 cm³/mol. The van der Waals surface area contributed by atoms with Gasteiger partial charge in [-0.05, 0) is 33.6 Å². The highest BCUT2D eigenvalue weighted by Gasteiger charge is 2.91. The van der Waals surface area contributed by atoms with E-state index < -0.39 is 63.2 Å². The van der Waals surface area contributed by atoms with Gasteiger partial charge in [0.2, 0.25) is 5.78 Å². The van der Waals surface area contributed by atoms with Crippen LogP contribution in [0.1, 0.15) is 40.0 Å². The number of carbonyl (C=O) groups excluding carboxylic acids is 1. The molecule has 0 fully saturated rings. The smallest absolute Gasteiger partial charge is 0.374 e. The van der Waals surface area contributed by atoms with E-state index in [-0.39, 0.29) is 32.3 Å². The van der Waals surface area contributed by atoms with Crippen molar-refractivity contribution in [3.63, 3.8) is 0 Å². The fraction of sp³-hybridized carbons (Fsp3) is 0.941. The van der Waals surface area contributed by atoms with Crippen LogP contribution in [0.4, 0.5) is 57.1 Å². The quantitative estimate of drug-likeness (QED) is 0.121. The number of carbonyl (C=O) groups is 1. The van der Waals surface area contributed by atoms with E-state index in [4.69, 9.17) is 13.3 Å². The molecule has 0 N–H and O–H groups in total. The van der Waals surface area contributed by atoms with Gasteiger partial charge in [0.15, 0.2) is 0 Å². The van der Waals surface area contributed by atoms with Crippen LogP contribution in [0.2, 0.25) is 6.04 Å². The molecule has 0 saturated heterocycles. The molecule has 0 aliphatic rings. The van der Waals surface area contributed by atoms with Crippen LogP contribution in [-0.2, 0) is 18.1 Å². The summed E-state index contributed by atoms with van der Waals surface area (Å²) in [6.07, 6.45) is -10.2. The first-order valence-corrected chi connectivity index (χ1v) is 11.9. The minimum Gasteiger partial charge on any atom is -0.374 e. The van der Waals surface area contributed by atoms with E-state index in [2.05, 4.69) is 0 Å². The average molecular weight is 566 g/mol. The minimum atomic E-state index is -8.04. The maximum atomic E-state index is 13.8. The molecule has 0 saturated carbocycles. The van der Waals surface area contributed by atoms with Crippen molar-refractivity contribution in [2.45, 2.75) is 81.9 Å². The van der Waals surface area contributed by atoms with E-state index >= 15 is 0 Å². The molecule has 0 spiro atoms. The summed E-state index contributed by atoms with van der Waals surface area (Å²) in [6.45, 7) is 4.85. The molecule has 0 unspecified atom stereocenters. The number of Topliss-reactive ketones (excluding diaryl/α,β-unsaturated/α-hetero) is 1. The third-order valence-electron chi connectivity index (χ3n) is 4.51. The lowest BCUT2D eigenvalue weighted by Crippen LogP contribution is -2.71. The van der Waals surface area contributed by atoms with Crippen molar-refractivity contribution in [1.29, 1.82) is 0 Å². The molecular weight excluding hydrogens is 543 g/mol. The number of unbranched alkanes of at least 4 members (excludes halogenated alkanes) is 1. The summed E-state index contributed by atoms with van der Waals surface area (Å²) in [5, 5.41) is 0. The van der Waals surface area contributed by atoms with Gasteiger partial charge in [-0.2, -0.15) is 57.1 Å². The summed E-state index contributed by atoms with van der Waals surface area (Å²) in [6, 6.07) is -0.163. The van der Waals surface area contributed by atoms with Crippen molar-refractivity contribution in [3.05, 3.63) is 0 Å². The predicted octanol–water partition coefficient (Wildman–Crippen LogP) is 6.51. The van der Waals surface area contributed by atoms with Gasteiger partial charge in [-0.1, -0.05) is 0 Å². The second-order valence-corrected chi connectivity index (χ2v) is 9.71. The lowest BCUT2D eigenvalue weighted by atomic mass is 9.91. The van der Waals surface area contributed by atoms with Gasteiger partial charge in [-0.15, -0.1) is 0 Å². The fourth-order valence-corrected chi connectivity index (χ4v) is 5.42. The van der Waals surface area contributed by atoms with E-state index in [0.29, 0.717) is 0 Å². The number of alkyl halides is 13. The normalized spacial score (nSPS) is 15.0. The fourth-order valence-electron chi connectivity index (χ4n) is 2.73. The zero-order valence-electron chi connectivity index (χ0n) is 18.5. The highest BCUT2D eigenvalue weighted by molar-refractivity contribution is 6.60. The van der Waals surface area contributed by atoms with E-state index in [1.165, 1.54) is 0 Å². The van der Waals surface area contributed by atoms with Crippen molar-refractivity contribution in [3.8, 4) is 0 Å². The summed E-state index contributed by atoms with van der Waals surface area (Å²) in [5.41, 5.74) is 0. The minimum absolute atomic E-state index is 0.0707. The Morgan fingerprint density at radius 1 is 0.600 bits per heavy atom. The molecule has 4 nitrogen and oxygen atoms in total. The molecule has 0 radical (unpaired) electrons. The summed E-state index contributed by atoms with van der Waals surface area (Å²) in [4.78, 5) is 11.5. The Morgan fingerprint density at radius 3 is 1.31 bits per heavy atom. The van der Waals surface area contributed by atoms with E-state index in [1.54, 1.807) is 20.8 Å². The monoisotopic (exact) mass is 566 g/mol. The standard InChI is InChI=1S/C17H23F13O4Si/c1-4-32-35(33-5-2,34-6-3)10-8-7-9-11(31)12(18,19)13(20,21)14(22,23)15(24,25)16(26,27)17(28,29)30/h4-10H2,1-3H3. The van der Waals surface area contributed by atoms with Gasteiger partial charge in [0.25, 0.3) is 0 Å². The van der Waals surface area contributed by atoms with Gasteiger partial charge in [0, 0.05) is 32.3 Å². The average Bonchev–Trinajstić information content (AvgIpc) is 2.70. The lowest BCUT2D eigenvalue weighted by Gasteiger charge is -2.39. The first kappa shape index (κ1) is 33.9. The zero-order valence-corrected chi connectivity index (χ0v) is 19.5. The van der Waals surface area contributed by atoms with Gasteiger partial charge >= 0.3 is 44.6 Å². The Kier molecular flexibility index (Phi) is 11.1. The van der Waals surface area contributed by atoms with Crippen LogP contribution < -0.4 is 0 Å². The molecule has 0 aliphatic heterocycles. The SMILES string of the molecule is CCO[Si](CCCCC(=O)C(F)(F)C(F)(F)C(F)(F)C(F)(F)C(F)(F)C(F)(F)F)(OCC)OCC. The van der Waals surface area contributed by atoms with Crippen LogP contribution in [0.5, 0.6) is 0 Å². The second-order valence-electron chi connectivity index (χ2n) is 6.98. The molecule has 0 aromatic rings. The van der Waals surface area contributed by atoms with Gasteiger partial charge in [-0.3, -0.25) is 4.79 Å². The van der Waals surface area contributed by atoms with Gasteiger partial charge in [0.1, 0.15) is 0 Å². The number of ketones is 1. The van der Waals surface area contributed by atoms with Crippen LogP contribution in [0.25, 0.3) is 0 Å². The number of halogens is 13. The molecule has 0 bridgehead atoms. The van der Waals surface area contributed by atoms with Gasteiger partial charge in [-0.25, -0.2) is 0 Å². The van der Waals surface area contributed by atoms with E-state index in [1.807, 2.05) is 0 Å². The molecule has 210 valence electrons. The number of hydrogen-bond acceptors (Lipinski definition) is 4. The molecule has 0 aromatic carbocycles. The summed E-state index contributed by atoms with van der Waals surface area (Å²) < 4.78 is 187. The highest BCUT2D eigenvalue weighted by atomic mass is 28.4. The third-order valence-corrected chi connectivity index (χ3v) is 7.66. The van der Waals surface area contributed by atoms with E-state index in [9.17, 15) is 61.9 Å². The Morgan fingerprint density at radius 2 is 0.971 bits per heavy atom. The first-order valence-electron chi connectivity index (χ1n) is 9.97. The Labute approximate surface area is 192 Å². The summed E-state index contributed by atoms with van der Waals surface area (Å²) >= 11 is 0. The van der Waals surface area contributed by atoms with Crippen molar-refractivity contribution in [2.75, 3.05) is 19.8 Å². The molecule has 18 heteroatoms. The van der Waals surface area contributed by atoms with Crippen molar-refractivity contribution in [2.24, 2.45) is 0 Å². The Balaban J connectivity index is 5.68. The van der Waals surface area contributed by atoms with Crippen LogP contribution in [0.3, 0.4) is 0 Å². The molecule has 35 heavy (non-hydrogen) atoms. The molecular formula is C17H23F13O4Si. The van der Waals surface area contributed by atoms with Crippen molar-refractivity contribution >= 4 is 14.6 Å². The molecule has 0 amide bonds. The van der Waals surface area contributed by atoms with Gasteiger partial charge < -0.3 is 13.3 Å². The van der Waals surface area contributed by atoms with Crippen LogP contribution >= 0.6 is 0 Å². The van der Waals surface area contributed by atoms with Crippen molar-refractivity contribution < 1.29 is 75.1 Å². The highest BCUT2D eigenvalue weighted by Crippen LogP contribution is 2.60. The zero-order chi connectivity index (χ0) is 28.1. The Bertz CT molecular complexity index is 681.